The van der Waals surface area contributed by atoms with Crippen molar-refractivity contribution in [2.24, 2.45) is 5.41 Å². The fourth-order valence-electron chi connectivity index (χ4n) is 4.58. The summed E-state index contributed by atoms with van der Waals surface area (Å²) < 4.78 is 32.3. The number of carbonyl (C=O) groups is 3. The van der Waals surface area contributed by atoms with Gasteiger partial charge in [-0.05, 0) is 68.1 Å². The Kier molecular flexibility index (Phi) is 11.5. The van der Waals surface area contributed by atoms with Gasteiger partial charge in [0.1, 0.15) is 11.2 Å². The number of carboxylic acid groups (broad SMARTS) is 1. The Morgan fingerprint density at radius 1 is 0.933 bits per heavy atom. The summed E-state index contributed by atoms with van der Waals surface area (Å²) in [5.41, 5.74) is -0.0802. The second-order valence-electron chi connectivity index (χ2n) is 10.3. The van der Waals surface area contributed by atoms with E-state index in [1.807, 2.05) is 0 Å². The van der Waals surface area contributed by atoms with E-state index in [4.69, 9.17) is 30.9 Å². The van der Waals surface area contributed by atoms with E-state index >= 15 is 4.39 Å². The van der Waals surface area contributed by atoms with Gasteiger partial charge in [0, 0.05) is 46.5 Å². The van der Waals surface area contributed by atoms with Crippen LogP contribution in [-0.2, 0) is 14.4 Å². The van der Waals surface area contributed by atoms with Gasteiger partial charge in [-0.2, -0.15) is 0 Å². The number of carbonyl (C=O) groups excluding carboxylic acids is 2. The summed E-state index contributed by atoms with van der Waals surface area (Å²) in [6.45, 7) is 0.299. The summed E-state index contributed by atoms with van der Waals surface area (Å²) in [7, 11) is 1.48. The first-order valence-corrected chi connectivity index (χ1v) is 14.2. The number of amides is 2. The predicted molar refractivity (Wildman–Crippen MR) is 171 cm³/mol. The van der Waals surface area contributed by atoms with Crippen LogP contribution in [0.1, 0.15) is 32.1 Å². The van der Waals surface area contributed by atoms with Crippen LogP contribution in [0.25, 0.3) is 10.9 Å². The Labute approximate surface area is 293 Å². The molecular weight excluding hydrogens is 633 g/mol. The number of hydrogen-bond acceptors (Lipinski definition) is 7. The molecule has 1 fully saturated rings. The molecule has 0 saturated heterocycles. The van der Waals surface area contributed by atoms with Gasteiger partial charge in [0.05, 0.1) is 19.2 Å². The molecule has 4 aromatic rings. The van der Waals surface area contributed by atoms with Crippen molar-refractivity contribution < 1.29 is 38.1 Å². The zero-order chi connectivity index (χ0) is 31.3. The Morgan fingerprint density at radius 2 is 1.67 bits per heavy atom. The molecule has 3 N–H and O–H groups in total. The van der Waals surface area contributed by atoms with Crippen molar-refractivity contribution in [1.82, 2.24) is 4.98 Å². The number of halogens is 2. The Bertz CT molecular complexity index is 1730. The molecular formula is C32H31CaClFN3O7. The number of nitrogens with one attached hydrogen (secondary N) is 2. The maximum absolute atomic E-state index is 15.2. The summed E-state index contributed by atoms with van der Waals surface area (Å²) >= 11 is 5.98. The topological polar surface area (TPSA) is 136 Å². The Hall–Kier alpha value is -3.64. The van der Waals surface area contributed by atoms with Crippen LogP contribution < -0.4 is 24.8 Å². The fraction of sp³-hybridized carbons (Fsp3) is 0.250. The second kappa shape index (κ2) is 15.1. The van der Waals surface area contributed by atoms with Gasteiger partial charge in [-0.25, -0.2) is 4.39 Å². The standard InChI is InChI=1S/C32H29ClFN3O7.Ca.2H/c1-42-27-17-22-24(18-28(27)43-14-3-2-7-29(38)39)35-13-10-25(22)44-26-9-8-21(16-23(26)34)37-31(41)32(11-12-32)30(40)36-20-6-4-5-19(33)15-20;;;/h4-6,8-10,13,15-18H,2-3,7,11-12,14H2,1H3,(H,36,40)(H,37,41)(H,38,39);;;. The summed E-state index contributed by atoms with van der Waals surface area (Å²) in [5, 5.41) is 15.2. The third kappa shape index (κ3) is 8.35. The summed E-state index contributed by atoms with van der Waals surface area (Å²) in [5.74, 6) is -1.51. The van der Waals surface area contributed by atoms with Crippen LogP contribution in [0.2, 0.25) is 5.02 Å². The number of pyridine rings is 1. The average molecular weight is 664 g/mol. The molecule has 0 bridgehead atoms. The van der Waals surface area contributed by atoms with Crippen LogP contribution >= 0.6 is 11.6 Å². The third-order valence-corrected chi connectivity index (χ3v) is 7.38. The normalized spacial score (nSPS) is 12.9. The Morgan fingerprint density at radius 3 is 2.31 bits per heavy atom. The number of aromatic nitrogens is 1. The molecule has 13 heteroatoms. The number of hydrogen-bond donors (Lipinski definition) is 3. The van der Waals surface area contributed by atoms with Gasteiger partial charge in [-0.3, -0.25) is 19.4 Å². The Balaban J connectivity index is 0.00000461. The van der Waals surface area contributed by atoms with Gasteiger partial charge in [0.25, 0.3) is 0 Å². The number of aliphatic carboxylic acids is 1. The van der Waals surface area contributed by atoms with Crippen LogP contribution in [0.3, 0.4) is 0 Å². The van der Waals surface area contributed by atoms with Crippen LogP contribution in [0.15, 0.2) is 66.9 Å². The molecule has 232 valence electrons. The number of methoxy groups -OCH3 is 1. The molecule has 1 aromatic heterocycles. The monoisotopic (exact) mass is 663 g/mol. The molecule has 1 heterocycles. The molecule has 5 rings (SSSR count). The van der Waals surface area contributed by atoms with Gasteiger partial charge < -0.3 is 30.0 Å². The number of ether oxygens (including phenoxy) is 3. The number of anilines is 2. The van der Waals surface area contributed by atoms with E-state index in [9.17, 15) is 14.4 Å². The van der Waals surface area contributed by atoms with Crippen molar-refractivity contribution in [2.75, 3.05) is 24.4 Å². The van der Waals surface area contributed by atoms with E-state index in [1.165, 1.54) is 25.4 Å². The number of unbranched alkanes of at least 4 members (excludes halogenated alkanes) is 1. The molecule has 1 saturated carbocycles. The van der Waals surface area contributed by atoms with Crippen molar-refractivity contribution >= 4 is 89.4 Å². The molecule has 0 spiro atoms. The van der Waals surface area contributed by atoms with E-state index < -0.39 is 29.0 Å². The fourth-order valence-corrected chi connectivity index (χ4v) is 4.77. The molecule has 0 atom stereocenters. The molecule has 0 radical (unpaired) electrons. The van der Waals surface area contributed by atoms with Crippen molar-refractivity contribution in [1.29, 1.82) is 0 Å². The van der Waals surface area contributed by atoms with E-state index in [1.54, 1.807) is 42.5 Å². The molecule has 45 heavy (non-hydrogen) atoms. The van der Waals surface area contributed by atoms with Crippen molar-refractivity contribution in [3.05, 3.63) is 77.7 Å². The van der Waals surface area contributed by atoms with E-state index in [-0.39, 0.29) is 55.6 Å². The van der Waals surface area contributed by atoms with E-state index in [2.05, 4.69) is 15.6 Å². The number of benzene rings is 3. The van der Waals surface area contributed by atoms with Crippen LogP contribution in [0, 0.1) is 11.2 Å². The number of nitrogens with zero attached hydrogens (tertiary/aromatic N) is 1. The van der Waals surface area contributed by atoms with Gasteiger partial charge >= 0.3 is 43.7 Å². The number of carboxylic acids is 1. The van der Waals surface area contributed by atoms with Crippen molar-refractivity contribution in [3.8, 4) is 23.0 Å². The third-order valence-electron chi connectivity index (χ3n) is 7.14. The molecule has 10 nitrogen and oxygen atoms in total. The first kappa shape index (κ1) is 34.2. The molecule has 1 aliphatic rings. The van der Waals surface area contributed by atoms with Gasteiger partial charge in [0.15, 0.2) is 23.1 Å². The minimum atomic E-state index is -1.25. The second-order valence-corrected chi connectivity index (χ2v) is 10.7. The van der Waals surface area contributed by atoms with Crippen molar-refractivity contribution in [2.45, 2.75) is 32.1 Å². The van der Waals surface area contributed by atoms with Gasteiger partial charge in [0.2, 0.25) is 11.8 Å². The van der Waals surface area contributed by atoms with Crippen LogP contribution in [0.4, 0.5) is 15.8 Å². The first-order valence-electron chi connectivity index (χ1n) is 13.9. The summed E-state index contributed by atoms with van der Waals surface area (Å²) in [4.78, 5) is 41.0. The summed E-state index contributed by atoms with van der Waals surface area (Å²) in [6, 6.07) is 15.5. The van der Waals surface area contributed by atoms with Crippen molar-refractivity contribution in [3.63, 3.8) is 0 Å². The number of rotatable bonds is 13. The quantitative estimate of drug-likeness (QED) is 0.0914. The van der Waals surface area contributed by atoms with Crippen LogP contribution in [-0.4, -0.2) is 79.3 Å². The minimum absolute atomic E-state index is 0. The molecule has 2 amide bonds. The molecule has 0 aliphatic heterocycles. The van der Waals surface area contributed by atoms with Crippen LogP contribution in [0.5, 0.6) is 23.0 Å². The van der Waals surface area contributed by atoms with Gasteiger partial charge in [-0.15, -0.1) is 0 Å². The molecule has 0 unspecified atom stereocenters. The summed E-state index contributed by atoms with van der Waals surface area (Å²) in [6.07, 6.45) is 3.34. The average Bonchev–Trinajstić information content (AvgIpc) is 3.80. The zero-order valence-electron chi connectivity index (χ0n) is 23.7. The SMILES string of the molecule is COc1cc2c(Oc3ccc(NC(=O)C4(C(=O)Nc5cccc(Cl)c5)CC4)cc3F)ccnc2cc1OCCCCC(=O)O.[CaH2]. The first-order chi connectivity index (χ1) is 21.2. The maximum atomic E-state index is 15.2. The molecule has 3 aromatic carbocycles. The van der Waals surface area contributed by atoms with Gasteiger partial charge in [-0.1, -0.05) is 17.7 Å². The number of fused-ring (bicyclic) bond motifs is 1. The zero-order valence-corrected chi connectivity index (χ0v) is 24.4. The predicted octanol–water partition coefficient (Wildman–Crippen LogP) is 5.90. The van der Waals surface area contributed by atoms with E-state index in [0.29, 0.717) is 71.2 Å². The van der Waals surface area contributed by atoms with E-state index in [0.717, 1.165) is 6.07 Å². The molecule has 1 aliphatic carbocycles.